The van der Waals surface area contributed by atoms with Gasteiger partial charge in [-0.05, 0) is 113 Å². The maximum atomic E-state index is 2.57. The van der Waals surface area contributed by atoms with Gasteiger partial charge in [0.05, 0.1) is 5.41 Å². The van der Waals surface area contributed by atoms with E-state index in [9.17, 15) is 0 Å². The zero-order valence-corrected chi connectivity index (χ0v) is 26.7. The molecule has 0 bridgehead atoms. The summed E-state index contributed by atoms with van der Waals surface area (Å²) in [5.74, 6) is 0. The van der Waals surface area contributed by atoms with E-state index in [0.29, 0.717) is 0 Å². The first-order chi connectivity index (χ1) is 23.8. The Hall–Kier alpha value is -5.76. The van der Waals surface area contributed by atoms with Gasteiger partial charge in [0.1, 0.15) is 0 Å². The van der Waals surface area contributed by atoms with Gasteiger partial charge in [-0.3, -0.25) is 0 Å². The molecule has 9 aromatic rings. The standard InChI is InChI=1S/C47H26S/c1-2-12-30-29(11-1)33-17-10-19-36-44(33)38(30)26-41-45(36)35-15-4-7-21-40(35)47(41)39-20-6-3-13-31(39)34-18-9-16-28(46(34)47)27-23-24-43-37(25-27)32-14-5-8-22-42(32)48-43/h1-26H. The van der Waals surface area contributed by atoms with E-state index in [1.54, 1.807) is 0 Å². The molecule has 0 aliphatic heterocycles. The summed E-state index contributed by atoms with van der Waals surface area (Å²) in [6.45, 7) is 0. The van der Waals surface area contributed by atoms with Crippen LogP contribution in [-0.2, 0) is 5.41 Å². The maximum absolute atomic E-state index is 2.57. The highest BCUT2D eigenvalue weighted by atomic mass is 32.1. The summed E-state index contributed by atoms with van der Waals surface area (Å²) >= 11 is 1.89. The molecule has 3 aliphatic carbocycles. The molecule has 0 saturated heterocycles. The molecule has 0 nitrogen and oxygen atoms in total. The van der Waals surface area contributed by atoms with Gasteiger partial charge in [-0.1, -0.05) is 133 Å². The monoisotopic (exact) mass is 622 g/mol. The largest absolute Gasteiger partial charge is 0.135 e. The van der Waals surface area contributed by atoms with Gasteiger partial charge in [-0.2, -0.15) is 0 Å². The molecule has 0 N–H and O–H groups in total. The van der Waals surface area contributed by atoms with Crippen LogP contribution in [0.1, 0.15) is 22.3 Å². The summed E-state index contributed by atoms with van der Waals surface area (Å²) in [4.78, 5) is 0. The Labute approximate surface area is 282 Å². The Morgan fingerprint density at radius 1 is 0.354 bits per heavy atom. The summed E-state index contributed by atoms with van der Waals surface area (Å²) in [6.07, 6.45) is 0. The molecule has 12 rings (SSSR count). The molecule has 1 heterocycles. The van der Waals surface area contributed by atoms with Crippen molar-refractivity contribution in [3.8, 4) is 55.6 Å². The smallest absolute Gasteiger partial charge is 0.0731 e. The van der Waals surface area contributed by atoms with E-state index in [2.05, 4.69) is 158 Å². The highest BCUT2D eigenvalue weighted by Gasteiger charge is 2.53. The van der Waals surface area contributed by atoms with E-state index in [1.165, 1.54) is 109 Å². The minimum absolute atomic E-state index is 0.446. The maximum Gasteiger partial charge on any atom is 0.0731 e. The molecule has 0 amide bonds. The van der Waals surface area contributed by atoms with Gasteiger partial charge in [0, 0.05) is 20.2 Å². The van der Waals surface area contributed by atoms with Crippen molar-refractivity contribution in [2.24, 2.45) is 0 Å². The third kappa shape index (κ3) is 2.86. The fourth-order valence-electron chi connectivity index (χ4n) is 9.69. The van der Waals surface area contributed by atoms with Crippen LogP contribution in [0.4, 0.5) is 0 Å². The summed E-state index contributed by atoms with van der Waals surface area (Å²) in [5.41, 5.74) is 18.5. The van der Waals surface area contributed by atoms with E-state index in [4.69, 9.17) is 0 Å². The van der Waals surface area contributed by atoms with Gasteiger partial charge in [-0.25, -0.2) is 0 Å². The Kier molecular flexibility index (Phi) is 4.63. The number of rotatable bonds is 1. The fraction of sp³-hybridized carbons (Fsp3) is 0.0213. The lowest BCUT2D eigenvalue weighted by atomic mass is 9.68. The second-order valence-corrected chi connectivity index (χ2v) is 14.6. The highest BCUT2D eigenvalue weighted by molar-refractivity contribution is 7.25. The molecule has 0 saturated carbocycles. The summed E-state index contributed by atoms with van der Waals surface area (Å²) in [6, 6.07) is 59.9. The third-order valence-electron chi connectivity index (χ3n) is 11.4. The molecule has 48 heavy (non-hydrogen) atoms. The predicted molar refractivity (Wildman–Crippen MR) is 203 cm³/mol. The van der Waals surface area contributed by atoms with Crippen molar-refractivity contribution in [1.29, 1.82) is 0 Å². The van der Waals surface area contributed by atoms with Gasteiger partial charge >= 0.3 is 0 Å². The number of hydrogen-bond donors (Lipinski definition) is 0. The average molecular weight is 623 g/mol. The molecule has 1 unspecified atom stereocenters. The van der Waals surface area contributed by atoms with Crippen LogP contribution in [0, 0.1) is 0 Å². The average Bonchev–Trinajstić information content (AvgIpc) is 3.86. The zero-order chi connectivity index (χ0) is 31.1. The molecule has 0 radical (unpaired) electrons. The van der Waals surface area contributed by atoms with Crippen LogP contribution in [0.2, 0.25) is 0 Å². The van der Waals surface area contributed by atoms with Gasteiger partial charge in [0.25, 0.3) is 0 Å². The number of thiophene rings is 1. The Morgan fingerprint density at radius 2 is 0.958 bits per heavy atom. The highest BCUT2D eigenvalue weighted by Crippen LogP contribution is 2.67. The van der Waals surface area contributed by atoms with Crippen molar-refractivity contribution in [1.82, 2.24) is 0 Å². The van der Waals surface area contributed by atoms with Crippen LogP contribution in [0.5, 0.6) is 0 Å². The molecule has 3 aliphatic rings. The lowest BCUT2D eigenvalue weighted by Crippen LogP contribution is -2.26. The molecule has 1 atom stereocenters. The lowest BCUT2D eigenvalue weighted by Gasteiger charge is -2.32. The Morgan fingerprint density at radius 3 is 1.83 bits per heavy atom. The van der Waals surface area contributed by atoms with Gasteiger partial charge in [-0.15, -0.1) is 11.3 Å². The minimum Gasteiger partial charge on any atom is -0.135 e. The Bertz CT molecular complexity index is 2900. The predicted octanol–water partition coefficient (Wildman–Crippen LogP) is 12.9. The van der Waals surface area contributed by atoms with Crippen LogP contribution in [0.3, 0.4) is 0 Å². The fourth-order valence-corrected chi connectivity index (χ4v) is 10.8. The van der Waals surface area contributed by atoms with Crippen molar-refractivity contribution in [3.05, 3.63) is 180 Å². The molecule has 8 aromatic carbocycles. The number of benzene rings is 8. The van der Waals surface area contributed by atoms with Crippen molar-refractivity contribution >= 4 is 42.3 Å². The van der Waals surface area contributed by atoms with E-state index >= 15 is 0 Å². The number of hydrogen-bond acceptors (Lipinski definition) is 1. The van der Waals surface area contributed by atoms with Crippen LogP contribution < -0.4 is 0 Å². The second-order valence-electron chi connectivity index (χ2n) is 13.5. The lowest BCUT2D eigenvalue weighted by molar-refractivity contribution is 0.797. The van der Waals surface area contributed by atoms with E-state index < -0.39 is 5.41 Å². The van der Waals surface area contributed by atoms with Gasteiger partial charge in [0.15, 0.2) is 0 Å². The van der Waals surface area contributed by atoms with Crippen LogP contribution >= 0.6 is 11.3 Å². The van der Waals surface area contributed by atoms with Crippen molar-refractivity contribution < 1.29 is 0 Å². The molecule has 0 fully saturated rings. The first kappa shape index (κ1) is 25.3. The van der Waals surface area contributed by atoms with E-state index in [1.807, 2.05) is 11.3 Å². The molecule has 1 spiro atoms. The summed E-state index contributed by atoms with van der Waals surface area (Å²) in [5, 5.41) is 5.42. The first-order valence-electron chi connectivity index (χ1n) is 16.8. The first-order valence-corrected chi connectivity index (χ1v) is 17.6. The third-order valence-corrected chi connectivity index (χ3v) is 12.6. The Balaban J connectivity index is 1.26. The number of fused-ring (bicyclic) bond motifs is 17. The summed E-state index contributed by atoms with van der Waals surface area (Å²) < 4.78 is 2.68. The zero-order valence-electron chi connectivity index (χ0n) is 25.9. The SMILES string of the molecule is c1ccc2c(c1)-c1cccc3c4c(cc-2c13)C1(c2ccccc2-c2cccc(-c3ccc5sc6ccccc6c5c3)c21)c1ccccc1-4. The molecule has 1 aromatic heterocycles. The minimum atomic E-state index is -0.446. The van der Waals surface area contributed by atoms with Gasteiger partial charge in [0.2, 0.25) is 0 Å². The van der Waals surface area contributed by atoms with Crippen molar-refractivity contribution in [2.45, 2.75) is 5.41 Å². The molecular weight excluding hydrogens is 597 g/mol. The molecule has 220 valence electrons. The second kappa shape index (κ2) is 8.77. The van der Waals surface area contributed by atoms with E-state index in [0.717, 1.165) is 0 Å². The van der Waals surface area contributed by atoms with Crippen LogP contribution in [0.15, 0.2) is 158 Å². The van der Waals surface area contributed by atoms with Gasteiger partial charge < -0.3 is 0 Å². The van der Waals surface area contributed by atoms with Crippen LogP contribution in [-0.4, -0.2) is 0 Å². The molecule has 1 heteroatoms. The summed E-state index contributed by atoms with van der Waals surface area (Å²) in [7, 11) is 0. The normalized spacial score (nSPS) is 16.0. The molecular formula is C47H26S. The van der Waals surface area contributed by atoms with E-state index in [-0.39, 0.29) is 0 Å². The quantitative estimate of drug-likeness (QED) is 0.171. The topological polar surface area (TPSA) is 0 Å². The van der Waals surface area contributed by atoms with Crippen molar-refractivity contribution in [3.63, 3.8) is 0 Å². The van der Waals surface area contributed by atoms with Crippen molar-refractivity contribution in [2.75, 3.05) is 0 Å². The van der Waals surface area contributed by atoms with Crippen LogP contribution in [0.25, 0.3) is 86.6 Å².